The van der Waals surface area contributed by atoms with Crippen LogP contribution in [-0.4, -0.2) is 21.7 Å². The van der Waals surface area contributed by atoms with Crippen molar-refractivity contribution in [2.24, 2.45) is 5.92 Å². The van der Waals surface area contributed by atoms with Crippen LogP contribution in [0.4, 0.5) is 0 Å². The topological polar surface area (TPSA) is 73.1 Å². The number of nitro groups is 1. The molecule has 0 bridgehead atoms. The third-order valence-corrected chi connectivity index (χ3v) is 3.25. The molecule has 1 saturated carbocycles. The lowest BCUT2D eigenvalue weighted by Crippen LogP contribution is -2.37. The van der Waals surface area contributed by atoms with Gasteiger partial charge in [0.15, 0.2) is 5.78 Å². The Morgan fingerprint density at radius 1 is 1.35 bits per heavy atom. The minimum absolute atomic E-state index is 0.188. The van der Waals surface area contributed by atoms with Gasteiger partial charge in [0.1, 0.15) is 5.69 Å². The predicted octanol–water partition coefficient (Wildman–Crippen LogP) is 2.10. The number of nitrogens with zero attached hydrogens (tertiary/aromatic N) is 2. The van der Waals surface area contributed by atoms with E-state index in [0.29, 0.717) is 18.5 Å². The number of ketones is 1. The highest BCUT2D eigenvalue weighted by Gasteiger charge is 2.39. The third-order valence-electron chi connectivity index (χ3n) is 3.25. The average Bonchev–Trinajstić information content (AvgIpc) is 2.39. The molecule has 5 heteroatoms. The fraction of sp³-hybridized carbons (Fsp3) is 0.500. The van der Waals surface area contributed by atoms with Gasteiger partial charge in [0, 0.05) is 17.5 Å². The van der Waals surface area contributed by atoms with Gasteiger partial charge in [-0.25, -0.2) is 0 Å². The van der Waals surface area contributed by atoms with E-state index < -0.39 is 12.0 Å². The molecule has 0 aromatic carbocycles. The highest BCUT2D eigenvalue weighted by Crippen LogP contribution is 2.28. The second-order valence-corrected chi connectivity index (χ2v) is 4.32. The van der Waals surface area contributed by atoms with E-state index in [1.165, 1.54) is 6.20 Å². The van der Waals surface area contributed by atoms with E-state index in [0.717, 1.165) is 12.8 Å². The number of rotatable bonds is 3. The number of hydrogen-bond donors (Lipinski definition) is 0. The second kappa shape index (κ2) is 5.03. The second-order valence-electron chi connectivity index (χ2n) is 4.32. The van der Waals surface area contributed by atoms with Gasteiger partial charge in [-0.05, 0) is 25.0 Å². The Morgan fingerprint density at radius 2 is 2.12 bits per heavy atom. The van der Waals surface area contributed by atoms with Crippen LogP contribution in [0.5, 0.6) is 0 Å². The van der Waals surface area contributed by atoms with Crippen LogP contribution in [-0.2, 0) is 0 Å². The van der Waals surface area contributed by atoms with Crippen molar-refractivity contribution < 1.29 is 9.72 Å². The molecule has 1 heterocycles. The summed E-state index contributed by atoms with van der Waals surface area (Å²) in [6.45, 7) is 0. The molecular weight excluding hydrogens is 220 g/mol. The average molecular weight is 234 g/mol. The molecule has 0 amide bonds. The number of pyridine rings is 1. The smallest absolute Gasteiger partial charge is 0.223 e. The Labute approximate surface area is 99.0 Å². The molecule has 17 heavy (non-hydrogen) atoms. The molecule has 1 aliphatic rings. The lowest BCUT2D eigenvalue weighted by molar-refractivity contribution is -0.532. The van der Waals surface area contributed by atoms with Crippen LogP contribution < -0.4 is 0 Å². The summed E-state index contributed by atoms with van der Waals surface area (Å²) in [6.07, 6.45) is 4.35. The first-order chi connectivity index (χ1) is 8.20. The molecule has 1 aromatic heterocycles. The van der Waals surface area contributed by atoms with Crippen molar-refractivity contribution in [1.29, 1.82) is 0 Å². The van der Waals surface area contributed by atoms with Crippen LogP contribution >= 0.6 is 0 Å². The van der Waals surface area contributed by atoms with E-state index in [4.69, 9.17) is 0 Å². The fourth-order valence-electron chi connectivity index (χ4n) is 2.37. The Bertz CT molecular complexity index is 419. The molecule has 1 aliphatic carbocycles. The Kier molecular flexibility index (Phi) is 3.46. The van der Waals surface area contributed by atoms with E-state index in [1.807, 2.05) is 0 Å². The Morgan fingerprint density at radius 3 is 2.76 bits per heavy atom. The Balaban J connectivity index is 2.20. The standard InChI is InChI=1S/C12H14N2O3/c15-12(10-6-3-4-8-13-10)9-5-1-2-7-11(9)14(16)17/h3-4,6,8-9,11H,1-2,5,7H2. The lowest BCUT2D eigenvalue weighted by atomic mass is 9.81. The van der Waals surface area contributed by atoms with Crippen molar-refractivity contribution >= 4 is 5.78 Å². The maximum Gasteiger partial charge on any atom is 0.223 e. The van der Waals surface area contributed by atoms with Crippen LogP contribution in [0, 0.1) is 16.0 Å². The molecule has 90 valence electrons. The SMILES string of the molecule is O=C(c1ccccn1)C1CCCCC1[N+](=O)[O-]. The highest BCUT2D eigenvalue weighted by atomic mass is 16.6. The predicted molar refractivity (Wildman–Crippen MR) is 61.3 cm³/mol. The van der Waals surface area contributed by atoms with Gasteiger partial charge in [0.05, 0.1) is 5.92 Å². The monoisotopic (exact) mass is 234 g/mol. The van der Waals surface area contributed by atoms with E-state index in [9.17, 15) is 14.9 Å². The maximum absolute atomic E-state index is 12.1. The number of carbonyl (C=O) groups is 1. The molecule has 2 atom stereocenters. The van der Waals surface area contributed by atoms with Crippen molar-refractivity contribution in [3.8, 4) is 0 Å². The lowest BCUT2D eigenvalue weighted by Gasteiger charge is -2.23. The van der Waals surface area contributed by atoms with Gasteiger partial charge in [-0.2, -0.15) is 0 Å². The van der Waals surface area contributed by atoms with Crippen molar-refractivity contribution in [3.05, 3.63) is 40.2 Å². The van der Waals surface area contributed by atoms with Crippen LogP contribution in [0.2, 0.25) is 0 Å². The van der Waals surface area contributed by atoms with Crippen LogP contribution in [0.1, 0.15) is 36.2 Å². The molecule has 0 N–H and O–H groups in total. The first-order valence-electron chi connectivity index (χ1n) is 5.79. The minimum Gasteiger partial charge on any atom is -0.292 e. The van der Waals surface area contributed by atoms with Gasteiger partial charge < -0.3 is 0 Å². The molecule has 1 fully saturated rings. The van der Waals surface area contributed by atoms with Crippen LogP contribution in [0.3, 0.4) is 0 Å². The summed E-state index contributed by atoms with van der Waals surface area (Å²) in [5, 5.41) is 10.9. The van der Waals surface area contributed by atoms with Crippen LogP contribution in [0.15, 0.2) is 24.4 Å². The molecule has 2 rings (SSSR count). The van der Waals surface area contributed by atoms with Crippen molar-refractivity contribution in [1.82, 2.24) is 4.98 Å². The summed E-state index contributed by atoms with van der Waals surface area (Å²) in [5.74, 6) is -0.694. The molecule has 0 aliphatic heterocycles. The van der Waals surface area contributed by atoms with E-state index in [1.54, 1.807) is 18.2 Å². The van der Waals surface area contributed by atoms with E-state index >= 15 is 0 Å². The normalized spacial score (nSPS) is 24.2. The summed E-state index contributed by atoms with van der Waals surface area (Å²) in [6, 6.07) is 4.33. The molecule has 0 radical (unpaired) electrons. The summed E-state index contributed by atoms with van der Waals surface area (Å²) in [5.41, 5.74) is 0.339. The van der Waals surface area contributed by atoms with Gasteiger partial charge >= 0.3 is 0 Å². The molecule has 2 unspecified atom stereocenters. The zero-order chi connectivity index (χ0) is 12.3. The number of hydrogen-bond acceptors (Lipinski definition) is 4. The van der Waals surface area contributed by atoms with Crippen molar-refractivity contribution in [2.75, 3.05) is 0 Å². The van der Waals surface area contributed by atoms with Crippen molar-refractivity contribution in [2.45, 2.75) is 31.7 Å². The van der Waals surface area contributed by atoms with Crippen molar-refractivity contribution in [3.63, 3.8) is 0 Å². The Hall–Kier alpha value is -1.78. The molecule has 1 aromatic rings. The minimum atomic E-state index is -0.738. The zero-order valence-electron chi connectivity index (χ0n) is 9.41. The van der Waals surface area contributed by atoms with Crippen LogP contribution in [0.25, 0.3) is 0 Å². The van der Waals surface area contributed by atoms with Gasteiger partial charge in [-0.1, -0.05) is 12.5 Å². The van der Waals surface area contributed by atoms with Gasteiger partial charge in [0.2, 0.25) is 6.04 Å². The summed E-state index contributed by atoms with van der Waals surface area (Å²) in [4.78, 5) is 26.7. The molecular formula is C12H14N2O3. The first-order valence-corrected chi connectivity index (χ1v) is 5.79. The molecule has 0 saturated heterocycles. The molecule has 5 nitrogen and oxygen atoms in total. The maximum atomic E-state index is 12.1. The van der Waals surface area contributed by atoms with Gasteiger partial charge in [-0.15, -0.1) is 0 Å². The zero-order valence-corrected chi connectivity index (χ0v) is 9.41. The quantitative estimate of drug-likeness (QED) is 0.456. The summed E-state index contributed by atoms with van der Waals surface area (Å²) < 4.78 is 0. The largest absolute Gasteiger partial charge is 0.292 e. The summed E-state index contributed by atoms with van der Waals surface area (Å²) >= 11 is 0. The summed E-state index contributed by atoms with van der Waals surface area (Å²) in [7, 11) is 0. The number of aromatic nitrogens is 1. The van der Waals surface area contributed by atoms with Gasteiger partial charge in [0.25, 0.3) is 0 Å². The highest BCUT2D eigenvalue weighted by molar-refractivity contribution is 5.96. The number of carbonyl (C=O) groups excluding carboxylic acids is 1. The van der Waals surface area contributed by atoms with Gasteiger partial charge in [-0.3, -0.25) is 19.9 Å². The third kappa shape index (κ3) is 2.49. The van der Waals surface area contributed by atoms with E-state index in [2.05, 4.69) is 4.98 Å². The first kappa shape index (κ1) is 11.7. The number of Topliss-reactive ketones (excluding diaryl/α,β-unsaturated/α-hetero) is 1. The molecule has 0 spiro atoms. The fourth-order valence-corrected chi connectivity index (χ4v) is 2.37. The van der Waals surface area contributed by atoms with E-state index in [-0.39, 0.29) is 10.7 Å².